The molecular weight excluding hydrogens is 264 g/mol. The Kier molecular flexibility index (Phi) is 4.82. The Hall–Kier alpha value is -2.49. The Morgan fingerprint density at radius 1 is 1.10 bits per heavy atom. The van der Waals surface area contributed by atoms with Crippen LogP contribution in [0.25, 0.3) is 0 Å². The number of aryl methyl sites for hydroxylation is 2. The van der Waals surface area contributed by atoms with Gasteiger partial charge >= 0.3 is 0 Å². The van der Waals surface area contributed by atoms with Gasteiger partial charge in [0.15, 0.2) is 0 Å². The molecule has 0 fully saturated rings. The quantitative estimate of drug-likeness (QED) is 0.885. The summed E-state index contributed by atoms with van der Waals surface area (Å²) >= 11 is 0. The Bertz CT molecular complexity index is 621. The van der Waals surface area contributed by atoms with Crippen molar-refractivity contribution < 1.29 is 9.53 Å². The van der Waals surface area contributed by atoms with E-state index in [4.69, 9.17) is 4.74 Å². The van der Waals surface area contributed by atoms with Gasteiger partial charge in [0, 0.05) is 11.4 Å². The molecule has 4 heteroatoms. The topological polar surface area (TPSA) is 50.4 Å². The number of methoxy groups -OCH3 is 1. The van der Waals surface area contributed by atoms with Gasteiger partial charge in [-0.2, -0.15) is 0 Å². The highest BCUT2D eigenvalue weighted by atomic mass is 16.5. The van der Waals surface area contributed by atoms with Crippen molar-refractivity contribution in [1.82, 2.24) is 0 Å². The van der Waals surface area contributed by atoms with Crippen molar-refractivity contribution >= 4 is 17.3 Å². The monoisotopic (exact) mass is 284 g/mol. The van der Waals surface area contributed by atoms with Crippen molar-refractivity contribution in [3.8, 4) is 5.75 Å². The lowest BCUT2D eigenvalue weighted by Gasteiger charge is -2.11. The van der Waals surface area contributed by atoms with Crippen LogP contribution in [0, 0.1) is 13.8 Å². The van der Waals surface area contributed by atoms with Crippen molar-refractivity contribution in [2.24, 2.45) is 0 Å². The van der Waals surface area contributed by atoms with Crippen LogP contribution in [0.2, 0.25) is 0 Å². The lowest BCUT2D eigenvalue weighted by Crippen LogP contribution is -2.22. The van der Waals surface area contributed by atoms with Crippen LogP contribution in [-0.2, 0) is 4.79 Å². The van der Waals surface area contributed by atoms with E-state index in [-0.39, 0.29) is 12.5 Å². The molecule has 2 aromatic carbocycles. The molecule has 0 atom stereocenters. The molecule has 0 aliphatic rings. The number of ether oxygens (including phenoxy) is 1. The second kappa shape index (κ2) is 6.79. The molecule has 110 valence electrons. The second-order valence-electron chi connectivity index (χ2n) is 4.95. The maximum atomic E-state index is 12.0. The fourth-order valence-corrected chi connectivity index (χ4v) is 1.96. The number of rotatable bonds is 5. The third-order valence-corrected chi connectivity index (χ3v) is 3.21. The zero-order valence-corrected chi connectivity index (χ0v) is 12.6. The normalized spacial score (nSPS) is 10.0. The number of anilines is 2. The molecule has 2 N–H and O–H groups in total. The van der Waals surface area contributed by atoms with Crippen LogP contribution in [0.4, 0.5) is 11.4 Å². The predicted octanol–water partition coefficient (Wildman–Crippen LogP) is 3.36. The van der Waals surface area contributed by atoms with Crippen molar-refractivity contribution in [3.63, 3.8) is 0 Å². The van der Waals surface area contributed by atoms with Gasteiger partial charge in [-0.05, 0) is 55.3 Å². The third kappa shape index (κ3) is 4.24. The summed E-state index contributed by atoms with van der Waals surface area (Å²) in [5.41, 5.74) is 3.92. The lowest BCUT2D eigenvalue weighted by atomic mass is 10.1. The number of carbonyl (C=O) groups excluding carboxylic acids is 1. The average Bonchev–Trinajstić information content (AvgIpc) is 2.49. The van der Waals surface area contributed by atoms with Crippen LogP contribution in [0.1, 0.15) is 11.1 Å². The molecule has 0 bridgehead atoms. The minimum absolute atomic E-state index is 0.0699. The van der Waals surface area contributed by atoms with Gasteiger partial charge in [0.2, 0.25) is 5.91 Å². The lowest BCUT2D eigenvalue weighted by molar-refractivity contribution is -0.114. The van der Waals surface area contributed by atoms with Crippen molar-refractivity contribution in [3.05, 3.63) is 53.6 Å². The zero-order valence-electron chi connectivity index (χ0n) is 12.6. The molecule has 1 amide bonds. The van der Waals surface area contributed by atoms with E-state index < -0.39 is 0 Å². The van der Waals surface area contributed by atoms with Crippen LogP contribution >= 0.6 is 0 Å². The van der Waals surface area contributed by atoms with Gasteiger partial charge in [-0.1, -0.05) is 12.1 Å². The first-order valence-electron chi connectivity index (χ1n) is 6.83. The van der Waals surface area contributed by atoms with Crippen molar-refractivity contribution in [2.75, 3.05) is 24.3 Å². The van der Waals surface area contributed by atoms with E-state index in [0.29, 0.717) is 0 Å². The summed E-state index contributed by atoms with van der Waals surface area (Å²) in [5, 5.41) is 6.00. The molecule has 21 heavy (non-hydrogen) atoms. The maximum absolute atomic E-state index is 12.0. The van der Waals surface area contributed by atoms with E-state index >= 15 is 0 Å². The van der Waals surface area contributed by atoms with E-state index in [0.717, 1.165) is 28.3 Å². The van der Waals surface area contributed by atoms with E-state index in [1.165, 1.54) is 0 Å². The number of hydrogen-bond donors (Lipinski definition) is 2. The van der Waals surface area contributed by atoms with Crippen LogP contribution in [0.15, 0.2) is 42.5 Å². The zero-order chi connectivity index (χ0) is 15.2. The van der Waals surface area contributed by atoms with E-state index in [2.05, 4.69) is 10.6 Å². The first-order valence-corrected chi connectivity index (χ1v) is 6.83. The molecule has 0 aliphatic heterocycles. The molecule has 0 saturated heterocycles. The minimum atomic E-state index is -0.0699. The molecule has 0 aliphatic carbocycles. The Labute approximate surface area is 125 Å². The summed E-state index contributed by atoms with van der Waals surface area (Å²) in [6.07, 6.45) is 0. The highest BCUT2D eigenvalue weighted by Gasteiger charge is 2.05. The van der Waals surface area contributed by atoms with Crippen LogP contribution < -0.4 is 15.4 Å². The first kappa shape index (κ1) is 14.9. The molecule has 4 nitrogen and oxygen atoms in total. The Balaban J connectivity index is 1.91. The Morgan fingerprint density at radius 3 is 2.48 bits per heavy atom. The number of benzene rings is 2. The molecule has 0 saturated carbocycles. The average molecular weight is 284 g/mol. The summed E-state index contributed by atoms with van der Waals surface area (Å²) < 4.78 is 5.09. The summed E-state index contributed by atoms with van der Waals surface area (Å²) in [6, 6.07) is 13.5. The molecule has 2 rings (SSSR count). The number of nitrogens with one attached hydrogen (secondary N) is 2. The van der Waals surface area contributed by atoms with E-state index in [1.807, 2.05) is 56.3 Å². The van der Waals surface area contributed by atoms with Crippen LogP contribution in [-0.4, -0.2) is 19.6 Å². The third-order valence-electron chi connectivity index (χ3n) is 3.21. The smallest absolute Gasteiger partial charge is 0.243 e. The minimum Gasteiger partial charge on any atom is -0.497 e. The molecule has 0 radical (unpaired) electrons. The largest absolute Gasteiger partial charge is 0.497 e. The second-order valence-corrected chi connectivity index (χ2v) is 4.95. The van der Waals surface area contributed by atoms with Gasteiger partial charge in [-0.25, -0.2) is 0 Å². The predicted molar refractivity (Wildman–Crippen MR) is 86.0 cm³/mol. The van der Waals surface area contributed by atoms with Gasteiger partial charge in [0.25, 0.3) is 0 Å². The highest BCUT2D eigenvalue weighted by Crippen LogP contribution is 2.17. The van der Waals surface area contributed by atoms with E-state index in [9.17, 15) is 4.79 Å². The summed E-state index contributed by atoms with van der Waals surface area (Å²) in [7, 11) is 1.63. The molecule has 0 unspecified atom stereocenters. The van der Waals surface area contributed by atoms with Gasteiger partial charge in [-0.3, -0.25) is 4.79 Å². The van der Waals surface area contributed by atoms with Crippen molar-refractivity contribution in [2.45, 2.75) is 13.8 Å². The molecule has 0 aromatic heterocycles. The maximum Gasteiger partial charge on any atom is 0.243 e. The molecule has 2 aromatic rings. The van der Waals surface area contributed by atoms with Crippen LogP contribution in [0.5, 0.6) is 5.75 Å². The summed E-state index contributed by atoms with van der Waals surface area (Å²) in [4.78, 5) is 12.0. The van der Waals surface area contributed by atoms with Gasteiger partial charge in [0.05, 0.1) is 13.7 Å². The number of hydrogen-bond acceptors (Lipinski definition) is 3. The SMILES string of the molecule is COc1ccc(NCC(=O)Nc2cc(C)ccc2C)cc1. The van der Waals surface area contributed by atoms with Crippen molar-refractivity contribution in [1.29, 1.82) is 0 Å². The molecule has 0 heterocycles. The van der Waals surface area contributed by atoms with E-state index in [1.54, 1.807) is 7.11 Å². The highest BCUT2D eigenvalue weighted by molar-refractivity contribution is 5.94. The van der Waals surface area contributed by atoms with Crippen LogP contribution in [0.3, 0.4) is 0 Å². The van der Waals surface area contributed by atoms with Gasteiger partial charge in [0.1, 0.15) is 5.75 Å². The fourth-order valence-electron chi connectivity index (χ4n) is 1.96. The first-order chi connectivity index (χ1) is 10.1. The summed E-state index contributed by atoms with van der Waals surface area (Å²) in [6.45, 7) is 4.20. The number of carbonyl (C=O) groups is 1. The summed E-state index contributed by atoms with van der Waals surface area (Å²) in [5.74, 6) is 0.722. The van der Waals surface area contributed by atoms with Gasteiger partial charge < -0.3 is 15.4 Å². The standard InChI is InChI=1S/C17H20N2O2/c1-12-4-5-13(2)16(10-12)19-17(20)11-18-14-6-8-15(21-3)9-7-14/h4-10,18H,11H2,1-3H3,(H,19,20). The van der Waals surface area contributed by atoms with Gasteiger partial charge in [-0.15, -0.1) is 0 Å². The fraction of sp³-hybridized carbons (Fsp3) is 0.235. The Morgan fingerprint density at radius 2 is 1.81 bits per heavy atom. The molecule has 0 spiro atoms. The molecular formula is C17H20N2O2. The number of amides is 1.